The van der Waals surface area contributed by atoms with E-state index < -0.39 is 0 Å². The van der Waals surface area contributed by atoms with Gasteiger partial charge in [-0.05, 0) is 44.3 Å². The van der Waals surface area contributed by atoms with Crippen LogP contribution >= 0.6 is 0 Å². The first-order valence-corrected chi connectivity index (χ1v) is 9.54. The molecule has 1 saturated heterocycles. The summed E-state index contributed by atoms with van der Waals surface area (Å²) in [5.41, 5.74) is 3.19. The Hall–Kier alpha value is -2.50. The average Bonchev–Trinajstić information content (AvgIpc) is 3.18. The van der Waals surface area contributed by atoms with Gasteiger partial charge in [0.15, 0.2) is 0 Å². The summed E-state index contributed by atoms with van der Waals surface area (Å²) in [4.78, 5) is 6.86. The van der Waals surface area contributed by atoms with E-state index in [9.17, 15) is 5.11 Å². The van der Waals surface area contributed by atoms with E-state index in [4.69, 9.17) is 4.52 Å². The highest BCUT2D eigenvalue weighted by Gasteiger charge is 2.27. The van der Waals surface area contributed by atoms with Crippen LogP contribution in [0.1, 0.15) is 36.0 Å². The van der Waals surface area contributed by atoms with Gasteiger partial charge in [0, 0.05) is 5.56 Å². The molecule has 1 aliphatic rings. The number of hydrogen-bond acceptors (Lipinski definition) is 5. The van der Waals surface area contributed by atoms with E-state index in [1.54, 1.807) is 0 Å². The molecule has 0 spiro atoms. The molecular formula is C22H25N3O2. The molecule has 27 heavy (non-hydrogen) atoms. The van der Waals surface area contributed by atoms with Crippen LogP contribution in [0.2, 0.25) is 0 Å². The highest BCUT2D eigenvalue weighted by Crippen LogP contribution is 2.31. The van der Waals surface area contributed by atoms with Crippen molar-refractivity contribution in [1.29, 1.82) is 0 Å². The molecule has 0 aliphatic carbocycles. The third-order valence-corrected chi connectivity index (χ3v) is 5.36. The van der Waals surface area contributed by atoms with Gasteiger partial charge in [-0.2, -0.15) is 4.98 Å². The third-order valence-electron chi connectivity index (χ3n) is 5.36. The van der Waals surface area contributed by atoms with E-state index in [1.807, 2.05) is 54.6 Å². The van der Waals surface area contributed by atoms with Crippen molar-refractivity contribution in [2.24, 2.45) is 5.92 Å². The standard InChI is InChI=1S/C22H25N3O2/c1-16-7-9-19(10-8-16)22-23-20(27-24-22)15-25-13-11-18(12-14-25)21(26)17-5-3-2-4-6-17/h2-10,18,21,26H,11-15H2,1H3. The minimum absolute atomic E-state index is 0.300. The summed E-state index contributed by atoms with van der Waals surface area (Å²) in [7, 11) is 0. The van der Waals surface area contributed by atoms with E-state index in [2.05, 4.69) is 22.0 Å². The molecule has 3 aromatic rings. The number of aliphatic hydroxyl groups excluding tert-OH is 1. The zero-order chi connectivity index (χ0) is 18.6. The molecule has 1 aliphatic heterocycles. The Morgan fingerprint density at radius 3 is 2.48 bits per heavy atom. The van der Waals surface area contributed by atoms with Crippen molar-refractivity contribution in [3.8, 4) is 11.4 Å². The fourth-order valence-corrected chi connectivity index (χ4v) is 3.68. The maximum absolute atomic E-state index is 10.6. The molecule has 5 nitrogen and oxygen atoms in total. The number of benzene rings is 2. The first kappa shape index (κ1) is 17.9. The lowest BCUT2D eigenvalue weighted by Crippen LogP contribution is -2.35. The Labute approximate surface area is 159 Å². The lowest BCUT2D eigenvalue weighted by atomic mass is 9.87. The van der Waals surface area contributed by atoms with Crippen molar-refractivity contribution >= 4 is 0 Å². The summed E-state index contributed by atoms with van der Waals surface area (Å²) in [6, 6.07) is 18.1. The number of rotatable bonds is 5. The van der Waals surface area contributed by atoms with Crippen LogP contribution in [0.5, 0.6) is 0 Å². The van der Waals surface area contributed by atoms with E-state index in [1.165, 1.54) is 5.56 Å². The first-order chi connectivity index (χ1) is 13.2. The van der Waals surface area contributed by atoms with Gasteiger partial charge in [0.2, 0.25) is 11.7 Å². The van der Waals surface area contributed by atoms with E-state index >= 15 is 0 Å². The van der Waals surface area contributed by atoms with Crippen LogP contribution in [0.3, 0.4) is 0 Å². The number of aryl methyl sites for hydroxylation is 1. The molecule has 1 unspecified atom stereocenters. The van der Waals surface area contributed by atoms with E-state index in [0.29, 0.717) is 24.2 Å². The van der Waals surface area contributed by atoms with Gasteiger partial charge in [-0.1, -0.05) is 65.3 Å². The van der Waals surface area contributed by atoms with Gasteiger partial charge < -0.3 is 9.63 Å². The summed E-state index contributed by atoms with van der Waals surface area (Å²) < 4.78 is 5.44. The SMILES string of the molecule is Cc1ccc(-c2noc(CN3CCC(C(O)c4ccccc4)CC3)n2)cc1. The maximum Gasteiger partial charge on any atom is 0.241 e. The number of aromatic nitrogens is 2. The van der Waals surface area contributed by atoms with Gasteiger partial charge in [-0.15, -0.1) is 0 Å². The van der Waals surface area contributed by atoms with Crippen LogP contribution in [0, 0.1) is 12.8 Å². The van der Waals surface area contributed by atoms with Crippen molar-refractivity contribution < 1.29 is 9.63 Å². The average molecular weight is 363 g/mol. The van der Waals surface area contributed by atoms with Crippen LogP contribution < -0.4 is 0 Å². The number of hydrogen-bond donors (Lipinski definition) is 1. The molecule has 0 amide bonds. The summed E-state index contributed by atoms with van der Waals surface area (Å²) in [5.74, 6) is 1.58. The minimum atomic E-state index is -0.384. The molecule has 0 bridgehead atoms. The number of nitrogens with zero attached hydrogens (tertiary/aromatic N) is 3. The van der Waals surface area contributed by atoms with E-state index in [-0.39, 0.29) is 6.10 Å². The molecule has 0 saturated carbocycles. The molecule has 140 valence electrons. The quantitative estimate of drug-likeness (QED) is 0.743. The molecule has 2 heterocycles. The Kier molecular flexibility index (Phi) is 5.32. The van der Waals surface area contributed by atoms with E-state index in [0.717, 1.165) is 37.1 Å². The topological polar surface area (TPSA) is 62.4 Å². The Morgan fingerprint density at radius 2 is 1.78 bits per heavy atom. The van der Waals surface area contributed by atoms with Crippen molar-refractivity contribution in [2.75, 3.05) is 13.1 Å². The lowest BCUT2D eigenvalue weighted by Gasteiger charge is -2.33. The molecule has 1 N–H and O–H groups in total. The monoisotopic (exact) mass is 363 g/mol. The van der Waals surface area contributed by atoms with Gasteiger partial charge in [-0.3, -0.25) is 4.90 Å². The van der Waals surface area contributed by atoms with Crippen LogP contribution in [0.4, 0.5) is 0 Å². The van der Waals surface area contributed by atoms with Crippen molar-refractivity contribution in [1.82, 2.24) is 15.0 Å². The van der Waals surface area contributed by atoms with Gasteiger partial charge in [0.1, 0.15) is 0 Å². The number of piperidine rings is 1. The number of likely N-dealkylation sites (tertiary alicyclic amines) is 1. The fraction of sp³-hybridized carbons (Fsp3) is 0.364. The maximum atomic E-state index is 10.6. The molecule has 1 fully saturated rings. The summed E-state index contributed by atoms with van der Waals surface area (Å²) in [5, 5.41) is 14.7. The summed E-state index contributed by atoms with van der Waals surface area (Å²) in [6.07, 6.45) is 1.55. The minimum Gasteiger partial charge on any atom is -0.388 e. The second-order valence-corrected chi connectivity index (χ2v) is 7.35. The molecule has 1 aromatic heterocycles. The molecule has 4 rings (SSSR count). The van der Waals surface area contributed by atoms with Crippen molar-refractivity contribution in [3.63, 3.8) is 0 Å². The van der Waals surface area contributed by atoms with Crippen LogP contribution in [-0.2, 0) is 6.54 Å². The van der Waals surface area contributed by atoms with Crippen LogP contribution in [-0.4, -0.2) is 33.2 Å². The second kappa shape index (κ2) is 8.03. The van der Waals surface area contributed by atoms with Crippen LogP contribution in [0.25, 0.3) is 11.4 Å². The molecule has 1 atom stereocenters. The molecule has 2 aromatic carbocycles. The molecule has 0 radical (unpaired) electrons. The zero-order valence-corrected chi connectivity index (χ0v) is 15.6. The highest BCUT2D eigenvalue weighted by molar-refractivity contribution is 5.54. The Bertz CT molecular complexity index is 853. The summed E-state index contributed by atoms with van der Waals surface area (Å²) >= 11 is 0. The normalized spacial score (nSPS) is 17.1. The van der Waals surface area contributed by atoms with Crippen molar-refractivity contribution in [2.45, 2.75) is 32.4 Å². The van der Waals surface area contributed by atoms with Gasteiger partial charge in [0.05, 0.1) is 12.6 Å². The fourth-order valence-electron chi connectivity index (χ4n) is 3.68. The smallest absolute Gasteiger partial charge is 0.241 e. The van der Waals surface area contributed by atoms with Gasteiger partial charge in [-0.25, -0.2) is 0 Å². The molecule has 5 heteroatoms. The second-order valence-electron chi connectivity index (χ2n) is 7.35. The zero-order valence-electron chi connectivity index (χ0n) is 15.6. The van der Waals surface area contributed by atoms with Crippen molar-refractivity contribution in [3.05, 3.63) is 71.6 Å². The number of aliphatic hydroxyl groups is 1. The van der Waals surface area contributed by atoms with Crippen LogP contribution in [0.15, 0.2) is 59.1 Å². The third kappa shape index (κ3) is 4.26. The van der Waals surface area contributed by atoms with Gasteiger partial charge in [0.25, 0.3) is 0 Å². The predicted molar refractivity (Wildman–Crippen MR) is 104 cm³/mol. The largest absolute Gasteiger partial charge is 0.388 e. The summed E-state index contributed by atoms with van der Waals surface area (Å²) in [6.45, 7) is 4.57. The Morgan fingerprint density at radius 1 is 1.07 bits per heavy atom. The van der Waals surface area contributed by atoms with Gasteiger partial charge >= 0.3 is 0 Å². The molecular weight excluding hydrogens is 338 g/mol. The lowest BCUT2D eigenvalue weighted by molar-refractivity contribution is 0.0538. The predicted octanol–water partition coefficient (Wildman–Crippen LogP) is 3.99. The first-order valence-electron chi connectivity index (χ1n) is 9.54. The Balaban J connectivity index is 1.32. The highest BCUT2D eigenvalue weighted by atomic mass is 16.5.